The molecule has 0 spiro atoms. The van der Waals surface area contributed by atoms with Gasteiger partial charge in [-0.3, -0.25) is 5.48 Å². The summed E-state index contributed by atoms with van der Waals surface area (Å²) in [6, 6.07) is 7.59. The number of aliphatic hydroxyl groups excluding tert-OH is 1. The number of hydrogen-bond acceptors (Lipinski definition) is 8. The molecule has 2 aliphatic heterocycles. The zero-order valence-corrected chi connectivity index (χ0v) is 18.7. The van der Waals surface area contributed by atoms with Crippen LogP contribution >= 0.6 is 11.9 Å². The summed E-state index contributed by atoms with van der Waals surface area (Å²) in [7, 11) is 0. The van der Waals surface area contributed by atoms with Crippen LogP contribution in [-0.2, 0) is 19.0 Å². The van der Waals surface area contributed by atoms with E-state index < -0.39 is 24.3 Å². The van der Waals surface area contributed by atoms with E-state index in [-0.39, 0.29) is 12.0 Å². The molecule has 182 valence electrons. The van der Waals surface area contributed by atoms with Crippen LogP contribution in [0.1, 0.15) is 19.3 Å². The van der Waals surface area contributed by atoms with Gasteiger partial charge in [0.2, 0.25) is 0 Å². The van der Waals surface area contributed by atoms with E-state index in [2.05, 4.69) is 23.4 Å². The summed E-state index contributed by atoms with van der Waals surface area (Å²) in [5, 5.41) is 10.4. The van der Waals surface area contributed by atoms with E-state index in [0.717, 1.165) is 35.9 Å². The lowest BCUT2D eigenvalue weighted by Crippen LogP contribution is -2.26. The van der Waals surface area contributed by atoms with Crippen LogP contribution in [0.4, 0.5) is 18.9 Å². The molecule has 0 aromatic heterocycles. The Bertz CT molecular complexity index is 846. The third-order valence-corrected chi connectivity index (χ3v) is 5.87. The van der Waals surface area contributed by atoms with Crippen molar-refractivity contribution in [2.45, 2.75) is 49.0 Å². The number of β-amino-alcohol motifs (C(OH)–C–C–N with tert-alkyl or cyclic N) is 1. The van der Waals surface area contributed by atoms with Gasteiger partial charge in [0.1, 0.15) is 23.7 Å². The van der Waals surface area contributed by atoms with E-state index in [9.17, 15) is 18.3 Å². The highest BCUT2D eigenvalue weighted by Gasteiger charge is 2.34. The third kappa shape index (κ3) is 8.59. The highest BCUT2D eigenvalue weighted by atomic mass is 32.2. The van der Waals surface area contributed by atoms with Crippen LogP contribution in [0.3, 0.4) is 0 Å². The van der Waals surface area contributed by atoms with Gasteiger partial charge in [-0.15, -0.1) is 13.2 Å². The summed E-state index contributed by atoms with van der Waals surface area (Å²) in [6.07, 6.45) is -1.38. The molecule has 0 amide bonds. The van der Waals surface area contributed by atoms with Gasteiger partial charge in [-0.1, -0.05) is 25.3 Å². The van der Waals surface area contributed by atoms with Crippen molar-refractivity contribution in [2.24, 2.45) is 0 Å². The van der Waals surface area contributed by atoms with Crippen LogP contribution in [-0.4, -0.2) is 54.0 Å². The predicted octanol–water partition coefficient (Wildman–Crippen LogP) is 4.75. The van der Waals surface area contributed by atoms with E-state index in [1.54, 1.807) is 0 Å². The fraction of sp³-hybridized carbons (Fsp3) is 0.455. The molecule has 2 heterocycles. The molecule has 1 aromatic rings. The van der Waals surface area contributed by atoms with Gasteiger partial charge in [0.05, 0.1) is 5.69 Å². The molecular weight excluding hydrogens is 461 g/mol. The van der Waals surface area contributed by atoms with Crippen LogP contribution in [0, 0.1) is 0 Å². The molecule has 0 radical (unpaired) electrons. The minimum atomic E-state index is -4.82. The Hall–Kier alpha value is -2.18. The molecular formula is C22H27F3N2O5S. The number of nitrogens with zero attached hydrogens (tertiary/aromatic N) is 1. The second-order valence-corrected chi connectivity index (χ2v) is 8.63. The van der Waals surface area contributed by atoms with Crippen LogP contribution in [0.5, 0.6) is 0 Å². The maximum absolute atomic E-state index is 12.2. The van der Waals surface area contributed by atoms with Gasteiger partial charge < -0.3 is 19.3 Å². The fourth-order valence-electron chi connectivity index (χ4n) is 3.22. The molecule has 11 heteroatoms. The predicted molar refractivity (Wildman–Crippen MR) is 118 cm³/mol. The summed E-state index contributed by atoms with van der Waals surface area (Å²) in [4.78, 5) is 6.55. The lowest BCUT2D eigenvalue weighted by Gasteiger charge is -2.23. The average Bonchev–Trinajstić information content (AvgIpc) is 3.09. The highest BCUT2D eigenvalue weighted by molar-refractivity contribution is 7.97. The largest absolute Gasteiger partial charge is 0.573 e. The molecule has 3 rings (SSSR count). The Morgan fingerprint density at radius 2 is 1.94 bits per heavy atom. The first-order valence-electron chi connectivity index (χ1n) is 10.4. The van der Waals surface area contributed by atoms with E-state index in [0.29, 0.717) is 19.7 Å². The van der Waals surface area contributed by atoms with E-state index in [1.807, 2.05) is 28.6 Å². The number of rotatable bonds is 10. The molecule has 3 unspecified atom stereocenters. The molecule has 2 N–H and O–H groups in total. The maximum Gasteiger partial charge on any atom is 0.573 e. The van der Waals surface area contributed by atoms with Gasteiger partial charge in [0.15, 0.2) is 6.29 Å². The number of aliphatic hydroxyl groups is 1. The Kier molecular flexibility index (Phi) is 9.10. The Balaban J connectivity index is 1.49. The van der Waals surface area contributed by atoms with Crippen LogP contribution < -0.4 is 5.48 Å². The number of hydrogen-bond donors (Lipinski definition) is 2. The molecule has 1 aromatic carbocycles. The molecule has 33 heavy (non-hydrogen) atoms. The SMILES string of the molecule is C=C(/C=C\C(=C)OC(F)(F)F)OC1CN(Sc2ccccc2NOC2CCCCO2)CC1O. The topological polar surface area (TPSA) is 72.4 Å². The second kappa shape index (κ2) is 11.8. The zero-order chi connectivity index (χ0) is 23.8. The molecule has 2 saturated heterocycles. The lowest BCUT2D eigenvalue weighted by molar-refractivity contribution is -0.303. The minimum absolute atomic E-state index is 0.0840. The minimum Gasteiger partial charge on any atom is -0.487 e. The smallest absolute Gasteiger partial charge is 0.487 e. The first-order chi connectivity index (χ1) is 15.7. The molecule has 3 atom stereocenters. The fourth-order valence-corrected chi connectivity index (χ4v) is 4.29. The van der Waals surface area contributed by atoms with E-state index >= 15 is 0 Å². The van der Waals surface area contributed by atoms with Crippen molar-refractivity contribution < 1.29 is 37.3 Å². The van der Waals surface area contributed by atoms with Crippen molar-refractivity contribution in [1.82, 2.24) is 4.31 Å². The number of anilines is 1. The van der Waals surface area contributed by atoms with Crippen molar-refractivity contribution in [3.8, 4) is 0 Å². The Morgan fingerprint density at radius 3 is 2.67 bits per heavy atom. The van der Waals surface area contributed by atoms with E-state index in [1.165, 1.54) is 18.0 Å². The average molecular weight is 489 g/mol. The monoisotopic (exact) mass is 488 g/mol. The second-order valence-electron chi connectivity index (χ2n) is 7.49. The van der Waals surface area contributed by atoms with Gasteiger partial charge >= 0.3 is 6.36 Å². The van der Waals surface area contributed by atoms with Crippen molar-refractivity contribution >= 4 is 17.6 Å². The van der Waals surface area contributed by atoms with Crippen LogP contribution in [0.2, 0.25) is 0 Å². The Morgan fingerprint density at radius 1 is 1.18 bits per heavy atom. The molecule has 0 aliphatic carbocycles. The van der Waals surface area contributed by atoms with Crippen molar-refractivity contribution in [2.75, 3.05) is 25.2 Å². The Labute approximate surface area is 194 Å². The zero-order valence-electron chi connectivity index (χ0n) is 17.9. The quantitative estimate of drug-likeness (QED) is 0.212. The van der Waals surface area contributed by atoms with Crippen molar-refractivity contribution in [3.63, 3.8) is 0 Å². The lowest BCUT2D eigenvalue weighted by atomic mass is 10.2. The number of benzene rings is 1. The number of nitrogens with one attached hydrogen (secondary N) is 1. The van der Waals surface area contributed by atoms with Gasteiger partial charge in [-0.25, -0.2) is 9.14 Å². The van der Waals surface area contributed by atoms with Crippen molar-refractivity contribution in [1.29, 1.82) is 0 Å². The van der Waals surface area contributed by atoms with Gasteiger partial charge in [-0.05, 0) is 49.1 Å². The summed E-state index contributed by atoms with van der Waals surface area (Å²) >= 11 is 1.43. The first kappa shape index (κ1) is 25.4. The third-order valence-electron chi connectivity index (χ3n) is 4.76. The van der Waals surface area contributed by atoms with E-state index in [4.69, 9.17) is 14.3 Å². The molecule has 7 nitrogen and oxygen atoms in total. The summed E-state index contributed by atoms with van der Waals surface area (Å²) in [5.41, 5.74) is 3.73. The molecule has 2 aliphatic rings. The number of ether oxygens (including phenoxy) is 3. The number of alkyl halides is 3. The first-order valence-corrected chi connectivity index (χ1v) is 11.2. The summed E-state index contributed by atoms with van der Waals surface area (Å²) in [5.74, 6) is -0.512. The summed E-state index contributed by atoms with van der Waals surface area (Å²) in [6.45, 7) is 8.20. The number of allylic oxidation sites excluding steroid dienone is 2. The van der Waals surface area contributed by atoms with Gasteiger partial charge in [0.25, 0.3) is 0 Å². The van der Waals surface area contributed by atoms with Gasteiger partial charge in [-0.2, -0.15) is 0 Å². The number of halogens is 3. The van der Waals surface area contributed by atoms with Gasteiger partial charge in [0, 0.05) is 31.0 Å². The van der Waals surface area contributed by atoms with Crippen molar-refractivity contribution in [3.05, 3.63) is 61.1 Å². The normalized spacial score (nSPS) is 24.1. The molecule has 0 saturated carbocycles. The summed E-state index contributed by atoms with van der Waals surface area (Å²) < 4.78 is 53.3. The standard InChI is InChI=1S/C22H27F3N2O5S/c1-15(10-11-16(2)31-22(23,24)25)30-19-14-27(13-18(19)28)33-20-8-4-3-7-17(20)26-32-21-9-5-6-12-29-21/h3-4,7-8,10-11,18-19,21,26,28H,1-2,5-6,9,12-14H2/b11-10-. The number of para-hydroxylation sites is 1. The maximum atomic E-state index is 12.2. The highest BCUT2D eigenvalue weighted by Crippen LogP contribution is 2.34. The molecule has 0 bridgehead atoms. The van der Waals surface area contributed by atoms with Crippen LogP contribution in [0.25, 0.3) is 0 Å². The molecule has 2 fully saturated rings. The van der Waals surface area contributed by atoms with Crippen LogP contribution in [0.15, 0.2) is 66.0 Å².